The third-order valence-corrected chi connectivity index (χ3v) is 5.65. The van der Waals surface area contributed by atoms with E-state index in [-0.39, 0.29) is 23.7 Å². The van der Waals surface area contributed by atoms with E-state index in [9.17, 15) is 4.79 Å². The topological polar surface area (TPSA) is 77.7 Å². The van der Waals surface area contributed by atoms with Gasteiger partial charge in [-0.3, -0.25) is 4.79 Å². The number of hydrogen-bond donors (Lipinski definition) is 0. The van der Waals surface area contributed by atoms with Crippen molar-refractivity contribution in [2.45, 2.75) is 44.9 Å². The Balaban J connectivity index is 1.36. The maximum atomic E-state index is 13.0. The average Bonchev–Trinajstić information content (AvgIpc) is 3.23. The average molecular weight is 385 g/mol. The van der Waals surface area contributed by atoms with Gasteiger partial charge in [0.2, 0.25) is 11.8 Å². The van der Waals surface area contributed by atoms with E-state index >= 15 is 0 Å². The first-order chi connectivity index (χ1) is 13.6. The predicted molar refractivity (Wildman–Crippen MR) is 103 cm³/mol. The molecule has 1 amide bonds. The van der Waals surface area contributed by atoms with Crippen LogP contribution >= 0.6 is 0 Å². The zero-order chi connectivity index (χ0) is 19.7. The van der Waals surface area contributed by atoms with Crippen molar-refractivity contribution in [2.75, 3.05) is 26.8 Å². The van der Waals surface area contributed by atoms with Crippen LogP contribution in [0.1, 0.15) is 55.8 Å². The minimum absolute atomic E-state index is 0.145. The SMILES string of the molecule is COc1cccc2c1OCC(C(=O)N1CCC(c3noc(C(C)C)n3)CC1)C2. The minimum atomic E-state index is -0.145. The van der Waals surface area contributed by atoms with Crippen LogP contribution in [-0.4, -0.2) is 47.8 Å². The lowest BCUT2D eigenvalue weighted by molar-refractivity contribution is -0.138. The Kier molecular flexibility index (Phi) is 5.24. The van der Waals surface area contributed by atoms with Gasteiger partial charge in [-0.2, -0.15) is 4.98 Å². The summed E-state index contributed by atoms with van der Waals surface area (Å²) in [5, 5.41) is 4.14. The van der Waals surface area contributed by atoms with E-state index in [0.717, 1.165) is 48.8 Å². The zero-order valence-corrected chi connectivity index (χ0v) is 16.7. The van der Waals surface area contributed by atoms with Gasteiger partial charge in [0, 0.05) is 24.9 Å². The highest BCUT2D eigenvalue weighted by Crippen LogP contribution is 2.37. The predicted octanol–water partition coefficient (Wildman–Crippen LogP) is 3.16. The van der Waals surface area contributed by atoms with E-state index in [4.69, 9.17) is 14.0 Å². The fourth-order valence-electron chi connectivity index (χ4n) is 3.98. The Hall–Kier alpha value is -2.57. The van der Waals surface area contributed by atoms with Gasteiger partial charge in [-0.25, -0.2) is 0 Å². The molecular weight excluding hydrogens is 358 g/mol. The Bertz CT molecular complexity index is 840. The van der Waals surface area contributed by atoms with Gasteiger partial charge in [0.05, 0.1) is 13.0 Å². The number of para-hydroxylation sites is 1. The van der Waals surface area contributed by atoms with Crippen molar-refractivity contribution in [3.05, 3.63) is 35.5 Å². The number of hydrogen-bond acceptors (Lipinski definition) is 6. The highest BCUT2D eigenvalue weighted by atomic mass is 16.5. The molecule has 28 heavy (non-hydrogen) atoms. The quantitative estimate of drug-likeness (QED) is 0.805. The van der Waals surface area contributed by atoms with Gasteiger partial charge in [-0.05, 0) is 30.9 Å². The number of piperidine rings is 1. The molecule has 2 aliphatic rings. The number of ether oxygens (including phenoxy) is 2. The van der Waals surface area contributed by atoms with E-state index < -0.39 is 0 Å². The van der Waals surface area contributed by atoms with Crippen molar-refractivity contribution >= 4 is 5.91 Å². The van der Waals surface area contributed by atoms with Crippen LogP contribution in [-0.2, 0) is 11.2 Å². The summed E-state index contributed by atoms with van der Waals surface area (Å²) in [6.45, 7) is 5.92. The van der Waals surface area contributed by atoms with E-state index in [2.05, 4.69) is 10.1 Å². The van der Waals surface area contributed by atoms with E-state index in [1.807, 2.05) is 36.9 Å². The van der Waals surface area contributed by atoms with Crippen LogP contribution in [0.3, 0.4) is 0 Å². The molecule has 0 aliphatic carbocycles. The zero-order valence-electron chi connectivity index (χ0n) is 16.7. The molecule has 0 bridgehead atoms. The number of nitrogens with zero attached hydrogens (tertiary/aromatic N) is 3. The highest BCUT2D eigenvalue weighted by molar-refractivity contribution is 5.80. The molecule has 1 aromatic heterocycles. The Labute approximate surface area is 165 Å². The highest BCUT2D eigenvalue weighted by Gasteiger charge is 2.34. The van der Waals surface area contributed by atoms with Crippen molar-refractivity contribution in [3.8, 4) is 11.5 Å². The largest absolute Gasteiger partial charge is 0.493 e. The number of benzene rings is 1. The van der Waals surface area contributed by atoms with Gasteiger partial charge in [0.25, 0.3) is 0 Å². The summed E-state index contributed by atoms with van der Waals surface area (Å²) in [5.41, 5.74) is 1.03. The van der Waals surface area contributed by atoms with Crippen LogP contribution in [0, 0.1) is 5.92 Å². The summed E-state index contributed by atoms with van der Waals surface area (Å²) in [5.74, 6) is 3.47. The summed E-state index contributed by atoms with van der Waals surface area (Å²) in [4.78, 5) is 19.5. The minimum Gasteiger partial charge on any atom is -0.493 e. The maximum absolute atomic E-state index is 13.0. The molecule has 4 rings (SSSR count). The van der Waals surface area contributed by atoms with Gasteiger partial charge < -0.3 is 18.9 Å². The van der Waals surface area contributed by atoms with Crippen LogP contribution in [0.15, 0.2) is 22.7 Å². The number of methoxy groups -OCH3 is 1. The van der Waals surface area contributed by atoms with Crippen LogP contribution in [0.2, 0.25) is 0 Å². The van der Waals surface area contributed by atoms with Crippen LogP contribution in [0.4, 0.5) is 0 Å². The lowest BCUT2D eigenvalue weighted by Crippen LogP contribution is -2.44. The van der Waals surface area contributed by atoms with Gasteiger partial charge >= 0.3 is 0 Å². The number of carbonyl (C=O) groups excluding carboxylic acids is 1. The monoisotopic (exact) mass is 385 g/mol. The van der Waals surface area contributed by atoms with Crippen molar-refractivity contribution < 1.29 is 18.8 Å². The first kappa shape index (κ1) is 18.8. The number of likely N-dealkylation sites (tertiary alicyclic amines) is 1. The molecule has 1 atom stereocenters. The van der Waals surface area contributed by atoms with Gasteiger partial charge in [0.15, 0.2) is 17.3 Å². The second-order valence-corrected chi connectivity index (χ2v) is 7.91. The van der Waals surface area contributed by atoms with Gasteiger partial charge in [-0.15, -0.1) is 0 Å². The molecule has 1 aromatic carbocycles. The molecule has 1 unspecified atom stereocenters. The summed E-state index contributed by atoms with van der Waals surface area (Å²) in [7, 11) is 1.63. The molecule has 7 heteroatoms. The summed E-state index contributed by atoms with van der Waals surface area (Å²) in [6.07, 6.45) is 2.41. The molecule has 1 saturated heterocycles. The Morgan fingerprint density at radius 3 is 2.75 bits per heavy atom. The van der Waals surface area contributed by atoms with E-state index in [1.165, 1.54) is 0 Å². The molecule has 2 aliphatic heterocycles. The van der Waals surface area contributed by atoms with Crippen molar-refractivity contribution in [1.82, 2.24) is 15.0 Å². The fraction of sp³-hybridized carbons (Fsp3) is 0.571. The molecule has 2 aromatic rings. The van der Waals surface area contributed by atoms with Crippen LogP contribution < -0.4 is 9.47 Å². The van der Waals surface area contributed by atoms with E-state index in [1.54, 1.807) is 7.11 Å². The number of amides is 1. The first-order valence-corrected chi connectivity index (χ1v) is 9.97. The summed E-state index contributed by atoms with van der Waals surface area (Å²) in [6, 6.07) is 5.83. The second-order valence-electron chi connectivity index (χ2n) is 7.91. The van der Waals surface area contributed by atoms with Gasteiger partial charge in [0.1, 0.15) is 6.61 Å². The van der Waals surface area contributed by atoms with Crippen LogP contribution in [0.5, 0.6) is 11.5 Å². The third-order valence-electron chi connectivity index (χ3n) is 5.65. The lowest BCUT2D eigenvalue weighted by Gasteiger charge is -2.34. The molecule has 0 radical (unpaired) electrons. The number of carbonyl (C=O) groups is 1. The normalized spacial score (nSPS) is 20.0. The number of rotatable bonds is 4. The second kappa shape index (κ2) is 7.81. The molecular formula is C21H27N3O4. The molecule has 3 heterocycles. The standard InChI is InChI=1S/C21H27N3O4/c1-13(2)20-22-19(23-28-20)14-7-9-24(10-8-14)21(25)16-11-15-5-4-6-17(26-3)18(15)27-12-16/h4-6,13-14,16H,7-12H2,1-3H3. The number of fused-ring (bicyclic) bond motifs is 1. The fourth-order valence-corrected chi connectivity index (χ4v) is 3.98. The molecule has 0 saturated carbocycles. The number of aromatic nitrogens is 2. The van der Waals surface area contributed by atoms with Crippen LogP contribution in [0.25, 0.3) is 0 Å². The molecule has 0 N–H and O–H groups in total. The van der Waals surface area contributed by atoms with Gasteiger partial charge in [-0.1, -0.05) is 31.1 Å². The summed E-state index contributed by atoms with van der Waals surface area (Å²) >= 11 is 0. The molecule has 0 spiro atoms. The summed E-state index contributed by atoms with van der Waals surface area (Å²) < 4.78 is 16.6. The molecule has 7 nitrogen and oxygen atoms in total. The Morgan fingerprint density at radius 1 is 1.29 bits per heavy atom. The molecule has 150 valence electrons. The maximum Gasteiger partial charge on any atom is 0.229 e. The van der Waals surface area contributed by atoms with Crippen molar-refractivity contribution in [2.24, 2.45) is 5.92 Å². The van der Waals surface area contributed by atoms with Crippen molar-refractivity contribution in [3.63, 3.8) is 0 Å². The van der Waals surface area contributed by atoms with Crippen molar-refractivity contribution in [1.29, 1.82) is 0 Å². The first-order valence-electron chi connectivity index (χ1n) is 9.97. The molecule has 1 fully saturated rings. The smallest absolute Gasteiger partial charge is 0.229 e. The Morgan fingerprint density at radius 2 is 2.07 bits per heavy atom. The lowest BCUT2D eigenvalue weighted by atomic mass is 9.92. The van der Waals surface area contributed by atoms with E-state index in [0.29, 0.717) is 18.9 Å². The third kappa shape index (κ3) is 3.57.